The molecule has 1 aromatic carbocycles. The summed E-state index contributed by atoms with van der Waals surface area (Å²) in [7, 11) is 1.79. The van der Waals surface area contributed by atoms with Gasteiger partial charge in [0.25, 0.3) is 0 Å². The Labute approximate surface area is 115 Å². The Kier molecular flexibility index (Phi) is 4.34. The third kappa shape index (κ3) is 3.07. The highest BCUT2D eigenvalue weighted by Crippen LogP contribution is 2.42. The molecule has 18 heavy (non-hydrogen) atoms. The maximum atomic E-state index is 6.64. The van der Waals surface area contributed by atoms with Crippen LogP contribution >= 0.6 is 11.6 Å². The van der Waals surface area contributed by atoms with Crippen molar-refractivity contribution in [2.75, 3.05) is 7.11 Å². The predicted molar refractivity (Wildman–Crippen MR) is 77.2 cm³/mol. The molecule has 100 valence electrons. The molecule has 1 aliphatic carbocycles. The molecule has 0 radical (unpaired) electrons. The van der Waals surface area contributed by atoms with E-state index in [2.05, 4.69) is 38.1 Å². The van der Waals surface area contributed by atoms with Crippen LogP contribution in [0.3, 0.4) is 0 Å². The first-order valence-corrected chi connectivity index (χ1v) is 7.24. The van der Waals surface area contributed by atoms with Gasteiger partial charge in [-0.3, -0.25) is 0 Å². The first kappa shape index (κ1) is 13.9. The quantitative estimate of drug-likeness (QED) is 0.716. The summed E-state index contributed by atoms with van der Waals surface area (Å²) in [5, 5.41) is 0.169. The van der Waals surface area contributed by atoms with E-state index in [9.17, 15) is 0 Å². The lowest BCUT2D eigenvalue weighted by Gasteiger charge is -2.32. The highest BCUT2D eigenvalue weighted by molar-refractivity contribution is 6.21. The lowest BCUT2D eigenvalue weighted by atomic mass is 9.80. The van der Waals surface area contributed by atoms with Crippen LogP contribution in [0.5, 0.6) is 0 Å². The van der Waals surface area contributed by atoms with E-state index in [0.29, 0.717) is 5.92 Å². The van der Waals surface area contributed by atoms with Crippen LogP contribution in [0.4, 0.5) is 0 Å². The molecule has 1 aromatic rings. The molecule has 1 aliphatic rings. The van der Waals surface area contributed by atoms with Crippen molar-refractivity contribution < 1.29 is 4.74 Å². The van der Waals surface area contributed by atoms with Gasteiger partial charge in [0.1, 0.15) is 0 Å². The summed E-state index contributed by atoms with van der Waals surface area (Å²) >= 11 is 6.64. The van der Waals surface area contributed by atoms with E-state index in [4.69, 9.17) is 16.3 Å². The molecular formula is C16H23ClO. The Bertz CT molecular complexity index is 400. The number of benzene rings is 1. The molecule has 0 heterocycles. The average Bonchev–Trinajstić information content (AvgIpc) is 2.38. The maximum absolute atomic E-state index is 6.64. The molecule has 2 heteroatoms. The van der Waals surface area contributed by atoms with Crippen LogP contribution in [0.25, 0.3) is 0 Å². The van der Waals surface area contributed by atoms with E-state index >= 15 is 0 Å². The van der Waals surface area contributed by atoms with Crippen molar-refractivity contribution in [3.8, 4) is 0 Å². The molecule has 0 aromatic heterocycles. The highest BCUT2D eigenvalue weighted by atomic mass is 35.5. The first-order valence-electron chi connectivity index (χ1n) is 6.80. The van der Waals surface area contributed by atoms with Crippen molar-refractivity contribution in [2.24, 2.45) is 5.92 Å². The van der Waals surface area contributed by atoms with Crippen molar-refractivity contribution in [3.05, 3.63) is 35.4 Å². The van der Waals surface area contributed by atoms with E-state index in [-0.39, 0.29) is 11.0 Å². The summed E-state index contributed by atoms with van der Waals surface area (Å²) in [6.45, 7) is 4.29. The minimum atomic E-state index is -0.0342. The van der Waals surface area contributed by atoms with Gasteiger partial charge < -0.3 is 4.74 Å². The van der Waals surface area contributed by atoms with Gasteiger partial charge in [-0.05, 0) is 56.6 Å². The number of fused-ring (bicyclic) bond motifs is 1. The van der Waals surface area contributed by atoms with Crippen molar-refractivity contribution in [3.63, 3.8) is 0 Å². The van der Waals surface area contributed by atoms with Crippen LogP contribution in [0, 0.1) is 5.92 Å². The summed E-state index contributed by atoms with van der Waals surface area (Å²) in [6.07, 6.45) is 4.57. The Balaban J connectivity index is 2.01. The standard InChI is InChI=1S/C16H23ClO/c1-16(2,18-3)11-10-13-9-8-12-6-4-5-7-14(12)15(13)17/h4-7,13,15H,8-11H2,1-3H3. The fraction of sp³-hybridized carbons (Fsp3) is 0.625. The number of hydrogen-bond acceptors (Lipinski definition) is 1. The van der Waals surface area contributed by atoms with Crippen LogP contribution in [0.15, 0.2) is 24.3 Å². The fourth-order valence-corrected chi connectivity index (χ4v) is 3.16. The Morgan fingerprint density at radius 1 is 1.33 bits per heavy atom. The molecule has 0 aliphatic heterocycles. The van der Waals surface area contributed by atoms with Gasteiger partial charge in [0.2, 0.25) is 0 Å². The van der Waals surface area contributed by atoms with Crippen molar-refractivity contribution in [1.29, 1.82) is 0 Å². The van der Waals surface area contributed by atoms with Crippen molar-refractivity contribution >= 4 is 11.6 Å². The van der Waals surface area contributed by atoms with Gasteiger partial charge in [0, 0.05) is 7.11 Å². The molecule has 2 rings (SSSR count). The largest absolute Gasteiger partial charge is 0.379 e. The molecule has 2 unspecified atom stereocenters. The number of rotatable bonds is 4. The minimum absolute atomic E-state index is 0.0342. The van der Waals surface area contributed by atoms with Gasteiger partial charge in [-0.15, -0.1) is 11.6 Å². The second-order valence-electron chi connectivity index (χ2n) is 5.90. The normalized spacial score (nSPS) is 23.8. The maximum Gasteiger partial charge on any atom is 0.0622 e. The zero-order valence-electron chi connectivity index (χ0n) is 11.6. The summed E-state index contributed by atoms with van der Waals surface area (Å²) in [4.78, 5) is 0. The predicted octanol–water partition coefficient (Wildman–Crippen LogP) is 4.73. The number of alkyl halides is 1. The third-order valence-corrected chi connectivity index (χ3v) is 4.81. The number of methoxy groups -OCH3 is 1. The summed E-state index contributed by atoms with van der Waals surface area (Å²) < 4.78 is 5.49. The number of hydrogen-bond donors (Lipinski definition) is 0. The van der Waals surface area contributed by atoms with Gasteiger partial charge in [0.15, 0.2) is 0 Å². The van der Waals surface area contributed by atoms with Gasteiger partial charge >= 0.3 is 0 Å². The van der Waals surface area contributed by atoms with Crippen molar-refractivity contribution in [2.45, 2.75) is 50.5 Å². The molecule has 0 saturated heterocycles. The van der Waals surface area contributed by atoms with Crippen LogP contribution in [0.1, 0.15) is 49.6 Å². The Morgan fingerprint density at radius 3 is 2.78 bits per heavy atom. The summed E-state index contributed by atoms with van der Waals surface area (Å²) in [6, 6.07) is 8.59. The second-order valence-corrected chi connectivity index (χ2v) is 6.37. The molecule has 0 amide bonds. The molecule has 2 atom stereocenters. The first-order chi connectivity index (χ1) is 8.53. The topological polar surface area (TPSA) is 9.23 Å². The third-order valence-electron chi connectivity index (χ3n) is 4.22. The molecule has 0 saturated carbocycles. The molecule has 0 fully saturated rings. The SMILES string of the molecule is COC(C)(C)CCC1CCc2ccccc2C1Cl. The Hall–Kier alpha value is -0.530. The lowest BCUT2D eigenvalue weighted by molar-refractivity contribution is 0.00973. The number of aryl methyl sites for hydroxylation is 1. The van der Waals surface area contributed by atoms with Gasteiger partial charge in [-0.25, -0.2) is 0 Å². The number of ether oxygens (including phenoxy) is 1. The number of halogens is 1. The summed E-state index contributed by atoms with van der Waals surface area (Å²) in [5.41, 5.74) is 2.73. The van der Waals surface area contributed by atoms with Crippen LogP contribution in [-0.4, -0.2) is 12.7 Å². The lowest BCUT2D eigenvalue weighted by Crippen LogP contribution is -2.25. The van der Waals surface area contributed by atoms with Gasteiger partial charge in [0.05, 0.1) is 11.0 Å². The average molecular weight is 267 g/mol. The van der Waals surface area contributed by atoms with E-state index in [1.807, 2.05) is 0 Å². The van der Waals surface area contributed by atoms with Gasteiger partial charge in [-0.2, -0.15) is 0 Å². The van der Waals surface area contributed by atoms with Crippen LogP contribution < -0.4 is 0 Å². The van der Waals surface area contributed by atoms with E-state index in [1.54, 1.807) is 7.11 Å². The molecule has 0 spiro atoms. The van der Waals surface area contributed by atoms with Crippen LogP contribution in [-0.2, 0) is 11.2 Å². The van der Waals surface area contributed by atoms with E-state index in [1.165, 1.54) is 17.5 Å². The smallest absolute Gasteiger partial charge is 0.0622 e. The molecule has 0 bridgehead atoms. The molecular weight excluding hydrogens is 244 g/mol. The zero-order valence-corrected chi connectivity index (χ0v) is 12.3. The Morgan fingerprint density at radius 2 is 2.06 bits per heavy atom. The minimum Gasteiger partial charge on any atom is -0.379 e. The van der Waals surface area contributed by atoms with Gasteiger partial charge in [-0.1, -0.05) is 24.3 Å². The van der Waals surface area contributed by atoms with E-state index in [0.717, 1.165) is 19.3 Å². The van der Waals surface area contributed by atoms with Crippen LogP contribution in [0.2, 0.25) is 0 Å². The monoisotopic (exact) mass is 266 g/mol. The molecule has 0 N–H and O–H groups in total. The summed E-state index contributed by atoms with van der Waals surface area (Å²) in [5.74, 6) is 0.580. The fourth-order valence-electron chi connectivity index (χ4n) is 2.70. The van der Waals surface area contributed by atoms with Crippen molar-refractivity contribution in [1.82, 2.24) is 0 Å². The highest BCUT2D eigenvalue weighted by Gasteiger charge is 2.29. The molecule has 1 nitrogen and oxygen atoms in total. The van der Waals surface area contributed by atoms with E-state index < -0.39 is 0 Å². The second kappa shape index (κ2) is 5.63. The zero-order chi connectivity index (χ0) is 13.2.